The molecule has 1 aromatic heterocycles. The molecule has 4 aromatic rings. The highest BCUT2D eigenvalue weighted by Gasteiger charge is 2.26. The van der Waals surface area contributed by atoms with E-state index in [1.54, 1.807) is 17.0 Å². The SMILES string of the molecule is O=C(CN(CCc1ccccc1)C(=O)c1ccccc1F)N1CCCN(c2ccc(-c3ccccc3)nn2)CC1. The average molecular weight is 538 g/mol. The lowest BCUT2D eigenvalue weighted by atomic mass is 10.1. The van der Waals surface area contributed by atoms with Crippen molar-refractivity contribution in [2.45, 2.75) is 12.8 Å². The second kappa shape index (κ2) is 13.0. The van der Waals surface area contributed by atoms with Crippen LogP contribution in [0.1, 0.15) is 22.3 Å². The third-order valence-corrected chi connectivity index (χ3v) is 7.12. The summed E-state index contributed by atoms with van der Waals surface area (Å²) in [5.41, 5.74) is 2.84. The number of rotatable bonds is 8. The summed E-state index contributed by atoms with van der Waals surface area (Å²) in [4.78, 5) is 32.1. The summed E-state index contributed by atoms with van der Waals surface area (Å²) in [5.74, 6) is -0.444. The van der Waals surface area contributed by atoms with Crippen LogP contribution in [-0.2, 0) is 11.2 Å². The number of carbonyl (C=O) groups excluding carboxylic acids is 2. The molecule has 5 rings (SSSR count). The largest absolute Gasteiger partial charge is 0.353 e. The molecule has 0 N–H and O–H groups in total. The third kappa shape index (κ3) is 6.69. The van der Waals surface area contributed by atoms with E-state index in [9.17, 15) is 14.0 Å². The molecule has 1 aliphatic rings. The number of halogens is 1. The smallest absolute Gasteiger partial charge is 0.257 e. The summed E-state index contributed by atoms with van der Waals surface area (Å²) in [6.45, 7) is 2.63. The van der Waals surface area contributed by atoms with Gasteiger partial charge in [-0.25, -0.2) is 4.39 Å². The number of carbonyl (C=O) groups is 2. The van der Waals surface area contributed by atoms with Gasteiger partial charge in [-0.2, -0.15) is 0 Å². The van der Waals surface area contributed by atoms with Crippen LogP contribution in [0.25, 0.3) is 11.3 Å². The second-order valence-electron chi connectivity index (χ2n) is 9.81. The number of nitrogens with zero attached hydrogens (tertiary/aromatic N) is 5. The monoisotopic (exact) mass is 537 g/mol. The van der Waals surface area contributed by atoms with Crippen LogP contribution >= 0.6 is 0 Å². The van der Waals surface area contributed by atoms with E-state index in [1.807, 2.05) is 72.8 Å². The zero-order chi connectivity index (χ0) is 27.7. The first-order valence-electron chi connectivity index (χ1n) is 13.6. The molecule has 1 saturated heterocycles. The Hall–Kier alpha value is -4.59. The number of amides is 2. The number of benzene rings is 3. The molecule has 1 fully saturated rings. The Kier molecular flexibility index (Phi) is 8.76. The summed E-state index contributed by atoms with van der Waals surface area (Å²) in [6, 6.07) is 29.5. The molecule has 2 amide bonds. The van der Waals surface area contributed by atoms with E-state index in [4.69, 9.17) is 0 Å². The molecule has 0 radical (unpaired) electrons. The molecule has 0 saturated carbocycles. The quantitative estimate of drug-likeness (QED) is 0.326. The molecular weight excluding hydrogens is 505 g/mol. The summed E-state index contributed by atoms with van der Waals surface area (Å²) in [7, 11) is 0. The maximum absolute atomic E-state index is 14.5. The Morgan fingerprint density at radius 2 is 1.50 bits per heavy atom. The molecular formula is C32H32FN5O2. The first-order chi connectivity index (χ1) is 19.6. The van der Waals surface area contributed by atoms with Crippen molar-refractivity contribution in [3.8, 4) is 11.3 Å². The highest BCUT2D eigenvalue weighted by molar-refractivity contribution is 5.96. The van der Waals surface area contributed by atoms with Crippen LogP contribution in [0.4, 0.5) is 10.2 Å². The lowest BCUT2D eigenvalue weighted by molar-refractivity contribution is -0.131. The highest BCUT2D eigenvalue weighted by atomic mass is 19.1. The third-order valence-electron chi connectivity index (χ3n) is 7.12. The molecule has 8 heteroatoms. The van der Waals surface area contributed by atoms with Gasteiger partial charge in [0.15, 0.2) is 5.82 Å². The Morgan fingerprint density at radius 1 is 0.775 bits per heavy atom. The van der Waals surface area contributed by atoms with Gasteiger partial charge in [0.25, 0.3) is 5.91 Å². The zero-order valence-electron chi connectivity index (χ0n) is 22.3. The lowest BCUT2D eigenvalue weighted by Gasteiger charge is -2.27. The van der Waals surface area contributed by atoms with E-state index in [0.29, 0.717) is 32.6 Å². The topological polar surface area (TPSA) is 69.6 Å². The first kappa shape index (κ1) is 27.0. The first-order valence-corrected chi connectivity index (χ1v) is 13.6. The van der Waals surface area contributed by atoms with E-state index in [1.165, 1.54) is 17.0 Å². The number of anilines is 1. The molecule has 204 valence electrons. The van der Waals surface area contributed by atoms with Crippen molar-refractivity contribution in [1.82, 2.24) is 20.0 Å². The van der Waals surface area contributed by atoms with Crippen molar-refractivity contribution in [3.05, 3.63) is 114 Å². The van der Waals surface area contributed by atoms with Crippen molar-refractivity contribution in [1.29, 1.82) is 0 Å². The van der Waals surface area contributed by atoms with Crippen molar-refractivity contribution < 1.29 is 14.0 Å². The van der Waals surface area contributed by atoms with Gasteiger partial charge in [-0.15, -0.1) is 10.2 Å². The zero-order valence-corrected chi connectivity index (χ0v) is 22.3. The van der Waals surface area contributed by atoms with Crippen molar-refractivity contribution in [2.75, 3.05) is 44.2 Å². The van der Waals surface area contributed by atoms with E-state index >= 15 is 0 Å². The molecule has 0 bridgehead atoms. The van der Waals surface area contributed by atoms with Gasteiger partial charge >= 0.3 is 0 Å². The van der Waals surface area contributed by atoms with Crippen molar-refractivity contribution in [2.24, 2.45) is 0 Å². The fraction of sp³-hybridized carbons (Fsp3) is 0.250. The van der Waals surface area contributed by atoms with Gasteiger partial charge in [0.1, 0.15) is 12.4 Å². The van der Waals surface area contributed by atoms with Crippen LogP contribution < -0.4 is 4.90 Å². The molecule has 0 aliphatic carbocycles. The van der Waals surface area contributed by atoms with Gasteiger partial charge in [-0.3, -0.25) is 9.59 Å². The number of aromatic nitrogens is 2. The van der Waals surface area contributed by atoms with Crippen LogP contribution in [-0.4, -0.2) is 71.1 Å². The van der Waals surface area contributed by atoms with Gasteiger partial charge in [-0.05, 0) is 42.7 Å². The second-order valence-corrected chi connectivity index (χ2v) is 9.81. The molecule has 3 aromatic carbocycles. The maximum atomic E-state index is 14.5. The van der Waals surface area contributed by atoms with Crippen LogP contribution in [0.15, 0.2) is 97.1 Å². The lowest BCUT2D eigenvalue weighted by Crippen LogP contribution is -2.45. The van der Waals surface area contributed by atoms with Gasteiger partial charge in [0.2, 0.25) is 5.91 Å². The van der Waals surface area contributed by atoms with Gasteiger partial charge in [0, 0.05) is 38.3 Å². The van der Waals surface area contributed by atoms with E-state index < -0.39 is 11.7 Å². The van der Waals surface area contributed by atoms with Crippen LogP contribution in [0.3, 0.4) is 0 Å². The van der Waals surface area contributed by atoms with Crippen LogP contribution in [0.5, 0.6) is 0 Å². The highest BCUT2D eigenvalue weighted by Crippen LogP contribution is 2.19. The van der Waals surface area contributed by atoms with Gasteiger partial charge < -0.3 is 14.7 Å². The summed E-state index contributed by atoms with van der Waals surface area (Å²) in [5, 5.41) is 8.84. The normalized spacial score (nSPS) is 13.5. The summed E-state index contributed by atoms with van der Waals surface area (Å²) >= 11 is 0. The van der Waals surface area contributed by atoms with Crippen molar-refractivity contribution in [3.63, 3.8) is 0 Å². The minimum absolute atomic E-state index is 0.0251. The summed E-state index contributed by atoms with van der Waals surface area (Å²) in [6.07, 6.45) is 1.33. The van der Waals surface area contributed by atoms with E-state index in [0.717, 1.165) is 35.6 Å². The minimum atomic E-state index is -0.588. The number of hydrogen-bond acceptors (Lipinski definition) is 5. The molecule has 7 nitrogen and oxygen atoms in total. The predicted molar refractivity (Wildman–Crippen MR) is 153 cm³/mol. The standard InChI is InChI=1S/C32H32FN5O2/c33-28-15-8-7-14-27(28)32(40)38(21-18-25-10-3-1-4-11-25)24-31(39)37-20-9-19-36(22-23-37)30-17-16-29(34-35-30)26-12-5-2-6-13-26/h1-8,10-17H,9,18-24H2. The Bertz CT molecular complexity index is 1420. The van der Waals surface area contributed by atoms with Gasteiger partial charge in [-0.1, -0.05) is 72.8 Å². The van der Waals surface area contributed by atoms with Crippen LogP contribution in [0.2, 0.25) is 0 Å². The Balaban J connectivity index is 1.24. The van der Waals surface area contributed by atoms with Crippen molar-refractivity contribution >= 4 is 17.6 Å². The van der Waals surface area contributed by atoms with E-state index in [-0.39, 0.29) is 18.0 Å². The Labute approximate surface area is 233 Å². The molecule has 2 heterocycles. The average Bonchev–Trinajstić information content (AvgIpc) is 3.27. The fourth-order valence-electron chi connectivity index (χ4n) is 4.88. The minimum Gasteiger partial charge on any atom is -0.353 e. The summed E-state index contributed by atoms with van der Waals surface area (Å²) < 4.78 is 14.5. The van der Waals surface area contributed by atoms with Gasteiger partial charge in [0.05, 0.1) is 11.3 Å². The Morgan fingerprint density at radius 3 is 2.23 bits per heavy atom. The fourth-order valence-corrected chi connectivity index (χ4v) is 4.88. The van der Waals surface area contributed by atoms with Crippen LogP contribution in [0, 0.1) is 5.82 Å². The molecule has 0 spiro atoms. The van der Waals surface area contributed by atoms with E-state index in [2.05, 4.69) is 15.1 Å². The molecule has 0 unspecified atom stereocenters. The number of hydrogen-bond donors (Lipinski definition) is 0. The molecule has 1 aliphatic heterocycles. The maximum Gasteiger partial charge on any atom is 0.257 e. The molecule has 40 heavy (non-hydrogen) atoms. The predicted octanol–water partition coefficient (Wildman–Crippen LogP) is 4.71. The molecule has 0 atom stereocenters.